The second-order valence-corrected chi connectivity index (χ2v) is 4.46. The van der Waals surface area contributed by atoms with E-state index in [1.807, 2.05) is 22.9 Å². The number of nitrogens with zero attached hydrogens (tertiary/aromatic N) is 2. The first-order valence-corrected chi connectivity index (χ1v) is 6.09. The van der Waals surface area contributed by atoms with Gasteiger partial charge in [0.1, 0.15) is 5.56 Å². The molecule has 0 aliphatic carbocycles. The highest BCUT2D eigenvalue weighted by atomic mass is 16.5. The quantitative estimate of drug-likeness (QED) is 0.815. The van der Waals surface area contributed by atoms with Crippen LogP contribution >= 0.6 is 0 Å². The zero-order chi connectivity index (χ0) is 12.5. The molecule has 0 radical (unpaired) electrons. The van der Waals surface area contributed by atoms with Gasteiger partial charge < -0.3 is 14.5 Å². The second-order valence-electron chi connectivity index (χ2n) is 4.46. The van der Waals surface area contributed by atoms with E-state index >= 15 is 0 Å². The standard InChI is InChI=1S/C13H15N3O2/c1-18-13(17)9-4-3-7-16-8-11(15-12(9)16)10-5-2-6-14-10/h3-4,7-8,10,14H,2,5-6H2,1H3. The van der Waals surface area contributed by atoms with Crippen LogP contribution in [0, 0.1) is 0 Å². The number of aromatic nitrogens is 2. The summed E-state index contributed by atoms with van der Waals surface area (Å²) in [6.07, 6.45) is 6.14. The van der Waals surface area contributed by atoms with E-state index in [9.17, 15) is 4.79 Å². The van der Waals surface area contributed by atoms with Gasteiger partial charge in [0.05, 0.1) is 18.8 Å². The topological polar surface area (TPSA) is 55.6 Å². The van der Waals surface area contributed by atoms with E-state index in [0.29, 0.717) is 17.3 Å². The molecule has 0 amide bonds. The van der Waals surface area contributed by atoms with E-state index < -0.39 is 0 Å². The fourth-order valence-electron chi connectivity index (χ4n) is 2.41. The first-order valence-electron chi connectivity index (χ1n) is 6.09. The Morgan fingerprint density at radius 2 is 2.50 bits per heavy atom. The number of hydrogen-bond donors (Lipinski definition) is 1. The third-order valence-electron chi connectivity index (χ3n) is 3.32. The summed E-state index contributed by atoms with van der Waals surface area (Å²) in [5, 5.41) is 3.40. The number of fused-ring (bicyclic) bond motifs is 1. The fourth-order valence-corrected chi connectivity index (χ4v) is 2.41. The zero-order valence-corrected chi connectivity index (χ0v) is 10.2. The van der Waals surface area contributed by atoms with Gasteiger partial charge in [-0.15, -0.1) is 0 Å². The predicted octanol–water partition coefficient (Wildman–Crippen LogP) is 1.55. The Labute approximate surface area is 105 Å². The van der Waals surface area contributed by atoms with Crippen molar-refractivity contribution in [3.63, 3.8) is 0 Å². The summed E-state index contributed by atoms with van der Waals surface area (Å²) in [4.78, 5) is 16.2. The molecule has 2 aromatic heterocycles. The first kappa shape index (κ1) is 11.2. The van der Waals surface area contributed by atoms with Crippen LogP contribution in [0.3, 0.4) is 0 Å². The summed E-state index contributed by atoms with van der Waals surface area (Å²) < 4.78 is 6.65. The van der Waals surface area contributed by atoms with Gasteiger partial charge in [-0.1, -0.05) is 0 Å². The highest BCUT2D eigenvalue weighted by molar-refractivity contribution is 5.95. The summed E-state index contributed by atoms with van der Waals surface area (Å²) in [5.74, 6) is -0.350. The molecule has 1 aliphatic heterocycles. The molecule has 3 rings (SSSR count). The smallest absolute Gasteiger partial charge is 0.341 e. The highest BCUT2D eigenvalue weighted by Crippen LogP contribution is 2.23. The van der Waals surface area contributed by atoms with Crippen molar-refractivity contribution in [1.82, 2.24) is 14.7 Å². The van der Waals surface area contributed by atoms with Crippen LogP contribution in [0.25, 0.3) is 5.65 Å². The maximum atomic E-state index is 11.7. The van der Waals surface area contributed by atoms with Gasteiger partial charge in [0.15, 0.2) is 5.65 Å². The molecule has 0 bridgehead atoms. The van der Waals surface area contributed by atoms with E-state index in [0.717, 1.165) is 18.7 Å². The lowest BCUT2D eigenvalue weighted by molar-refractivity contribution is 0.0602. The number of carbonyl (C=O) groups excluding carboxylic acids is 1. The average molecular weight is 245 g/mol. The molecule has 5 nitrogen and oxygen atoms in total. The third-order valence-corrected chi connectivity index (χ3v) is 3.32. The number of esters is 1. The third kappa shape index (κ3) is 1.76. The van der Waals surface area contributed by atoms with Gasteiger partial charge in [-0.2, -0.15) is 0 Å². The SMILES string of the molecule is COC(=O)c1cccn2cc(C3CCCN3)nc12. The van der Waals surface area contributed by atoms with Crippen LogP contribution in [0.5, 0.6) is 0 Å². The number of ether oxygens (including phenoxy) is 1. The molecule has 1 saturated heterocycles. The van der Waals surface area contributed by atoms with Gasteiger partial charge in [0.2, 0.25) is 0 Å². The maximum Gasteiger partial charge on any atom is 0.341 e. The largest absolute Gasteiger partial charge is 0.465 e. The van der Waals surface area contributed by atoms with Crippen molar-refractivity contribution in [2.45, 2.75) is 18.9 Å². The first-order chi connectivity index (χ1) is 8.79. The van der Waals surface area contributed by atoms with Crippen LogP contribution < -0.4 is 5.32 Å². The molecule has 3 heterocycles. The van der Waals surface area contributed by atoms with Crippen LogP contribution in [-0.4, -0.2) is 29.0 Å². The van der Waals surface area contributed by atoms with Gasteiger partial charge in [0, 0.05) is 12.4 Å². The molecule has 5 heteroatoms. The Bertz CT molecular complexity index is 585. The molecule has 94 valence electrons. The molecule has 1 N–H and O–H groups in total. The van der Waals surface area contributed by atoms with Gasteiger partial charge in [-0.3, -0.25) is 0 Å². The number of nitrogens with one attached hydrogen (secondary N) is 1. The van der Waals surface area contributed by atoms with Crippen molar-refractivity contribution in [3.05, 3.63) is 35.8 Å². The minimum absolute atomic E-state index is 0.301. The molecule has 18 heavy (non-hydrogen) atoms. The lowest BCUT2D eigenvalue weighted by Crippen LogP contribution is -2.13. The molecule has 0 aromatic carbocycles. The number of carbonyl (C=O) groups is 1. The number of pyridine rings is 1. The van der Waals surface area contributed by atoms with Crippen LogP contribution in [0.15, 0.2) is 24.5 Å². The summed E-state index contributed by atoms with van der Waals surface area (Å²) in [6.45, 7) is 1.03. The minimum Gasteiger partial charge on any atom is -0.465 e. The van der Waals surface area contributed by atoms with Crippen molar-refractivity contribution in [2.24, 2.45) is 0 Å². The highest BCUT2D eigenvalue weighted by Gasteiger charge is 2.21. The summed E-state index contributed by atoms with van der Waals surface area (Å²) in [7, 11) is 1.38. The molecule has 1 fully saturated rings. The second kappa shape index (κ2) is 4.42. The fraction of sp³-hybridized carbons (Fsp3) is 0.385. The van der Waals surface area contributed by atoms with Crippen LogP contribution in [0.1, 0.15) is 34.9 Å². The van der Waals surface area contributed by atoms with Crippen LogP contribution in [0.4, 0.5) is 0 Å². The molecule has 1 aliphatic rings. The minimum atomic E-state index is -0.350. The lowest BCUT2D eigenvalue weighted by atomic mass is 10.2. The van der Waals surface area contributed by atoms with Crippen molar-refractivity contribution >= 4 is 11.6 Å². The van der Waals surface area contributed by atoms with Crippen molar-refractivity contribution in [3.8, 4) is 0 Å². The molecular weight excluding hydrogens is 230 g/mol. The van der Waals surface area contributed by atoms with Crippen molar-refractivity contribution < 1.29 is 9.53 Å². The number of methoxy groups -OCH3 is 1. The van der Waals surface area contributed by atoms with Crippen LogP contribution in [-0.2, 0) is 4.74 Å². The Morgan fingerprint density at radius 3 is 3.22 bits per heavy atom. The molecule has 0 spiro atoms. The number of hydrogen-bond acceptors (Lipinski definition) is 4. The summed E-state index contributed by atoms with van der Waals surface area (Å²) in [6, 6.07) is 3.86. The van der Waals surface area contributed by atoms with Crippen molar-refractivity contribution in [1.29, 1.82) is 0 Å². The summed E-state index contributed by atoms with van der Waals surface area (Å²) >= 11 is 0. The Hall–Kier alpha value is -1.88. The van der Waals surface area contributed by atoms with Gasteiger partial charge >= 0.3 is 5.97 Å². The maximum absolute atomic E-state index is 11.7. The van der Waals surface area contributed by atoms with Crippen molar-refractivity contribution in [2.75, 3.05) is 13.7 Å². The van der Waals surface area contributed by atoms with E-state index in [-0.39, 0.29) is 5.97 Å². The lowest BCUT2D eigenvalue weighted by Gasteiger charge is -2.04. The van der Waals surface area contributed by atoms with Gasteiger partial charge in [-0.25, -0.2) is 9.78 Å². The number of rotatable bonds is 2. The zero-order valence-electron chi connectivity index (χ0n) is 10.2. The van der Waals surface area contributed by atoms with E-state index in [1.165, 1.54) is 13.5 Å². The van der Waals surface area contributed by atoms with Gasteiger partial charge in [0.25, 0.3) is 0 Å². The molecule has 1 atom stereocenters. The van der Waals surface area contributed by atoms with E-state index in [2.05, 4.69) is 10.3 Å². The molecular formula is C13H15N3O2. The number of imidazole rings is 1. The normalized spacial score (nSPS) is 19.3. The molecule has 2 aromatic rings. The molecule has 1 unspecified atom stereocenters. The molecule has 0 saturated carbocycles. The Kier molecular flexibility index (Phi) is 2.76. The van der Waals surface area contributed by atoms with Crippen LogP contribution in [0.2, 0.25) is 0 Å². The summed E-state index contributed by atoms with van der Waals surface area (Å²) in [5.41, 5.74) is 2.15. The van der Waals surface area contributed by atoms with Gasteiger partial charge in [-0.05, 0) is 31.5 Å². The average Bonchev–Trinajstić information content (AvgIpc) is 3.04. The Morgan fingerprint density at radius 1 is 1.61 bits per heavy atom. The predicted molar refractivity (Wildman–Crippen MR) is 66.5 cm³/mol. The monoisotopic (exact) mass is 245 g/mol. The Balaban J connectivity index is 2.08. The van der Waals surface area contributed by atoms with E-state index in [4.69, 9.17) is 4.74 Å². The van der Waals surface area contributed by atoms with E-state index in [1.54, 1.807) is 6.07 Å².